The fraction of sp³-hybridized carbons (Fsp3) is 0.750. The van der Waals surface area contributed by atoms with Gasteiger partial charge in [0, 0.05) is 5.41 Å². The van der Waals surface area contributed by atoms with E-state index in [4.69, 9.17) is 11.2 Å². The molecule has 2 bridgehead atoms. The zero-order valence-electron chi connectivity index (χ0n) is 8.64. The Bertz CT molecular complexity index is 273. The molecular weight excluding hydrogens is 176 g/mol. The summed E-state index contributed by atoms with van der Waals surface area (Å²) in [6.07, 6.45) is 11.3. The van der Waals surface area contributed by atoms with E-state index in [1.807, 2.05) is 0 Å². The van der Waals surface area contributed by atoms with Crippen molar-refractivity contribution in [3.8, 4) is 12.3 Å². The third kappa shape index (κ3) is 1.15. The lowest BCUT2D eigenvalue weighted by molar-refractivity contribution is -0.160. The summed E-state index contributed by atoms with van der Waals surface area (Å²) in [6, 6.07) is 0. The van der Waals surface area contributed by atoms with Gasteiger partial charge >= 0.3 is 5.97 Å². The first-order valence-electron chi connectivity index (χ1n) is 5.23. The molecule has 0 atom stereocenters. The van der Waals surface area contributed by atoms with Gasteiger partial charge in [0.15, 0.2) is 0 Å². The van der Waals surface area contributed by atoms with Gasteiger partial charge < -0.3 is 4.74 Å². The normalized spacial score (nSPS) is 40.3. The van der Waals surface area contributed by atoms with Crippen molar-refractivity contribution in [1.82, 2.24) is 0 Å². The molecule has 0 aliphatic heterocycles. The minimum absolute atomic E-state index is 0.0252. The summed E-state index contributed by atoms with van der Waals surface area (Å²) in [4.78, 5) is 11.7. The lowest BCUT2D eigenvalue weighted by Crippen LogP contribution is -2.45. The van der Waals surface area contributed by atoms with Crippen LogP contribution in [-0.4, -0.2) is 13.1 Å². The van der Waals surface area contributed by atoms with Crippen LogP contribution in [0.25, 0.3) is 0 Å². The molecule has 3 aliphatic rings. The Morgan fingerprint density at radius 1 is 1.21 bits per heavy atom. The van der Waals surface area contributed by atoms with Gasteiger partial charge in [-0.1, -0.05) is 5.92 Å². The summed E-state index contributed by atoms with van der Waals surface area (Å²) >= 11 is 0. The first kappa shape index (κ1) is 9.58. The van der Waals surface area contributed by atoms with Crippen LogP contribution in [0.4, 0.5) is 0 Å². The highest BCUT2D eigenvalue weighted by Gasteiger charge is 2.52. The topological polar surface area (TPSA) is 26.3 Å². The van der Waals surface area contributed by atoms with Crippen molar-refractivity contribution in [3.05, 3.63) is 0 Å². The molecule has 0 aromatic rings. The second kappa shape index (κ2) is 3.02. The van der Waals surface area contributed by atoms with E-state index in [2.05, 4.69) is 5.92 Å². The highest BCUT2D eigenvalue weighted by molar-refractivity contribution is 5.77. The van der Waals surface area contributed by atoms with Gasteiger partial charge in [0.25, 0.3) is 0 Å². The molecule has 2 nitrogen and oxygen atoms in total. The number of ether oxygens (including phenoxy) is 1. The molecule has 0 spiro atoms. The van der Waals surface area contributed by atoms with E-state index in [1.165, 1.54) is 7.11 Å². The van der Waals surface area contributed by atoms with Crippen LogP contribution in [0, 0.1) is 23.2 Å². The van der Waals surface area contributed by atoms with E-state index in [0.717, 1.165) is 38.5 Å². The first-order chi connectivity index (χ1) is 6.66. The lowest BCUT2D eigenvalue weighted by Gasteiger charge is -2.49. The van der Waals surface area contributed by atoms with Gasteiger partial charge in [-0.3, -0.25) is 4.79 Å². The minimum Gasteiger partial charge on any atom is -0.469 e. The second-order valence-corrected chi connectivity index (χ2v) is 4.70. The average Bonchev–Trinajstić information content (AvgIpc) is 2.30. The van der Waals surface area contributed by atoms with E-state index in [-0.39, 0.29) is 16.8 Å². The van der Waals surface area contributed by atoms with Crippen molar-refractivity contribution in [2.45, 2.75) is 38.5 Å². The Kier molecular flexibility index (Phi) is 2.06. The molecule has 0 unspecified atom stereocenters. The van der Waals surface area contributed by atoms with E-state index >= 15 is 0 Å². The molecule has 0 saturated heterocycles. The molecule has 3 aliphatic carbocycles. The number of rotatable bonds is 1. The molecule has 14 heavy (non-hydrogen) atoms. The van der Waals surface area contributed by atoms with Crippen LogP contribution < -0.4 is 0 Å². The van der Waals surface area contributed by atoms with Gasteiger partial charge in [0.1, 0.15) is 0 Å². The number of carbonyl (C=O) groups is 1. The number of carbonyl (C=O) groups excluding carboxylic acids is 1. The molecule has 3 fully saturated rings. The fourth-order valence-corrected chi connectivity index (χ4v) is 2.92. The summed E-state index contributed by atoms with van der Waals surface area (Å²) in [6.45, 7) is 0. The van der Waals surface area contributed by atoms with Crippen molar-refractivity contribution >= 4 is 5.97 Å². The number of terminal acetylenes is 1. The molecule has 0 radical (unpaired) electrons. The van der Waals surface area contributed by atoms with Crippen LogP contribution in [0.2, 0.25) is 0 Å². The van der Waals surface area contributed by atoms with E-state index in [9.17, 15) is 4.79 Å². The lowest BCUT2D eigenvalue weighted by atomic mass is 9.54. The molecule has 3 rings (SSSR count). The number of esters is 1. The standard InChI is InChI=1S/C12H16O2/c1-3-11-4-7-12(8-5-11,9-6-11)10(13)14-2/h1H,4-9H2,2H3. The molecule has 0 amide bonds. The SMILES string of the molecule is C#CC12CCC(C(=O)OC)(CC1)CC2. The smallest absolute Gasteiger partial charge is 0.311 e. The largest absolute Gasteiger partial charge is 0.469 e. The predicted octanol–water partition coefficient (Wildman–Crippen LogP) is 2.13. The highest BCUT2D eigenvalue weighted by Crippen LogP contribution is 2.56. The van der Waals surface area contributed by atoms with Gasteiger partial charge in [-0.25, -0.2) is 0 Å². The molecule has 0 aromatic carbocycles. The number of methoxy groups -OCH3 is 1. The summed E-state index contributed by atoms with van der Waals surface area (Å²) < 4.78 is 4.88. The summed E-state index contributed by atoms with van der Waals surface area (Å²) in [5.74, 6) is 2.90. The van der Waals surface area contributed by atoms with Crippen LogP contribution >= 0.6 is 0 Å². The number of fused-ring (bicyclic) bond motifs is 3. The number of hydrogen-bond acceptors (Lipinski definition) is 2. The summed E-state index contributed by atoms with van der Waals surface area (Å²) in [5, 5.41) is 0. The Balaban J connectivity index is 2.17. The molecule has 0 N–H and O–H groups in total. The predicted molar refractivity (Wildman–Crippen MR) is 53.4 cm³/mol. The molecule has 2 heteroatoms. The van der Waals surface area contributed by atoms with E-state index in [0.29, 0.717) is 0 Å². The van der Waals surface area contributed by atoms with Crippen LogP contribution in [0.3, 0.4) is 0 Å². The average molecular weight is 192 g/mol. The molecule has 0 heterocycles. The Morgan fingerprint density at radius 2 is 1.71 bits per heavy atom. The van der Waals surface area contributed by atoms with Crippen LogP contribution in [-0.2, 0) is 9.53 Å². The van der Waals surface area contributed by atoms with Crippen molar-refractivity contribution < 1.29 is 9.53 Å². The third-order valence-corrected chi connectivity index (χ3v) is 4.17. The molecule has 0 aromatic heterocycles. The van der Waals surface area contributed by atoms with Crippen molar-refractivity contribution in [2.24, 2.45) is 10.8 Å². The van der Waals surface area contributed by atoms with Crippen molar-refractivity contribution in [1.29, 1.82) is 0 Å². The molecule has 76 valence electrons. The van der Waals surface area contributed by atoms with Crippen LogP contribution in [0.15, 0.2) is 0 Å². The number of hydrogen-bond donors (Lipinski definition) is 0. The maximum Gasteiger partial charge on any atom is 0.311 e. The second-order valence-electron chi connectivity index (χ2n) is 4.70. The van der Waals surface area contributed by atoms with Gasteiger partial charge in [0.05, 0.1) is 12.5 Å². The highest BCUT2D eigenvalue weighted by atomic mass is 16.5. The zero-order valence-corrected chi connectivity index (χ0v) is 8.64. The van der Waals surface area contributed by atoms with Crippen LogP contribution in [0.5, 0.6) is 0 Å². The van der Waals surface area contributed by atoms with E-state index in [1.54, 1.807) is 0 Å². The molecule has 3 saturated carbocycles. The summed E-state index contributed by atoms with van der Waals surface area (Å²) in [5.41, 5.74) is -0.0802. The summed E-state index contributed by atoms with van der Waals surface area (Å²) in [7, 11) is 1.48. The van der Waals surface area contributed by atoms with Gasteiger partial charge in [-0.05, 0) is 38.5 Å². The first-order valence-corrected chi connectivity index (χ1v) is 5.23. The zero-order chi connectivity index (χ0) is 10.2. The van der Waals surface area contributed by atoms with Gasteiger partial charge in [-0.15, -0.1) is 6.42 Å². The third-order valence-electron chi connectivity index (χ3n) is 4.17. The quantitative estimate of drug-likeness (QED) is 0.470. The maximum absolute atomic E-state index is 11.7. The Hall–Kier alpha value is -0.970. The monoisotopic (exact) mass is 192 g/mol. The maximum atomic E-state index is 11.7. The molecular formula is C12H16O2. The van der Waals surface area contributed by atoms with Gasteiger partial charge in [0.2, 0.25) is 0 Å². The van der Waals surface area contributed by atoms with Crippen molar-refractivity contribution in [3.63, 3.8) is 0 Å². The minimum atomic E-state index is -0.187. The van der Waals surface area contributed by atoms with Crippen LogP contribution in [0.1, 0.15) is 38.5 Å². The Labute approximate surface area is 85.0 Å². The van der Waals surface area contributed by atoms with Crippen molar-refractivity contribution in [2.75, 3.05) is 7.11 Å². The van der Waals surface area contributed by atoms with Gasteiger partial charge in [-0.2, -0.15) is 0 Å². The van der Waals surface area contributed by atoms with E-state index < -0.39 is 0 Å². The Morgan fingerprint density at radius 3 is 2.07 bits per heavy atom. The fourth-order valence-electron chi connectivity index (χ4n) is 2.92.